The van der Waals surface area contributed by atoms with E-state index in [1.165, 1.54) is 24.1 Å². The topological polar surface area (TPSA) is 134 Å². The number of carbonyl (C=O) groups is 4. The first-order chi connectivity index (χ1) is 23.7. The molecule has 0 bridgehead atoms. The Hall–Kier alpha value is -5.29. The van der Waals surface area contributed by atoms with Crippen LogP contribution >= 0.6 is 0 Å². The monoisotopic (exact) mass is 667 g/mol. The van der Waals surface area contributed by atoms with Crippen molar-refractivity contribution in [3.63, 3.8) is 0 Å². The minimum atomic E-state index is -0.967. The second-order valence-corrected chi connectivity index (χ2v) is 12.2. The minimum absolute atomic E-state index is 0.120. The first-order valence-corrected chi connectivity index (χ1v) is 16.5. The van der Waals surface area contributed by atoms with Crippen LogP contribution in [-0.4, -0.2) is 78.4 Å². The summed E-state index contributed by atoms with van der Waals surface area (Å²) >= 11 is 0. The highest BCUT2D eigenvalue weighted by molar-refractivity contribution is 5.94. The average molecular weight is 668 g/mol. The second kappa shape index (κ2) is 16.7. The van der Waals surface area contributed by atoms with E-state index >= 15 is 0 Å². The molecule has 1 fully saturated rings. The average Bonchev–Trinajstić information content (AvgIpc) is 3.12. The third-order valence-corrected chi connectivity index (χ3v) is 8.80. The van der Waals surface area contributed by atoms with Gasteiger partial charge in [0, 0.05) is 33.1 Å². The summed E-state index contributed by atoms with van der Waals surface area (Å²) in [5, 5.41) is 7.51. The molecule has 0 saturated carbocycles. The summed E-state index contributed by atoms with van der Waals surface area (Å²) in [6.45, 7) is 0.635. The molecule has 10 nitrogen and oxygen atoms in total. The zero-order valence-corrected chi connectivity index (χ0v) is 27.5. The van der Waals surface area contributed by atoms with Crippen LogP contribution in [0.2, 0.25) is 0 Å². The summed E-state index contributed by atoms with van der Waals surface area (Å²) < 4.78 is 18.8. The number of alkyl carbamates (subject to hydrolysis) is 1. The van der Waals surface area contributed by atoms with Gasteiger partial charge in [0.1, 0.15) is 24.5 Å². The molecule has 4 aromatic rings. The second-order valence-electron chi connectivity index (χ2n) is 12.2. The van der Waals surface area contributed by atoms with Gasteiger partial charge in [0.15, 0.2) is 0 Å². The standard InChI is InChI=1S/C38H42FN5O5/c1-41-35(45)34(24-28-13-16-29-10-5-6-11-30(29)22-28)44-21-20-43(36(46)32(40)23-26-14-17-31(39)18-15-26)33(37(44)47)12-7-19-42-38(48)49-25-27-8-3-2-4-9-27/h2-6,8-11,13-18,22,32-34H,7,12,19-21,23-25,40H2,1H3,(H,41,45)(H,42,48). The van der Waals surface area contributed by atoms with Crippen molar-refractivity contribution in [1.82, 2.24) is 20.4 Å². The van der Waals surface area contributed by atoms with E-state index in [1.54, 1.807) is 17.0 Å². The van der Waals surface area contributed by atoms with Crippen molar-refractivity contribution in [2.24, 2.45) is 5.73 Å². The first-order valence-electron chi connectivity index (χ1n) is 16.5. The fraction of sp³-hybridized carbons (Fsp3) is 0.316. The van der Waals surface area contributed by atoms with Crippen molar-refractivity contribution in [1.29, 1.82) is 0 Å². The van der Waals surface area contributed by atoms with E-state index in [-0.39, 0.29) is 57.3 Å². The lowest BCUT2D eigenvalue weighted by atomic mass is 9.96. The predicted molar refractivity (Wildman–Crippen MR) is 185 cm³/mol. The van der Waals surface area contributed by atoms with E-state index in [1.807, 2.05) is 72.8 Å². The van der Waals surface area contributed by atoms with Crippen molar-refractivity contribution in [2.45, 2.75) is 50.4 Å². The Balaban J connectivity index is 1.30. The molecular weight excluding hydrogens is 625 g/mol. The van der Waals surface area contributed by atoms with Crippen LogP contribution < -0.4 is 16.4 Å². The SMILES string of the molecule is CNC(=O)C(Cc1ccc2ccccc2c1)N1CCN(C(=O)C(N)Cc2ccc(F)cc2)C(CCCNC(=O)OCc2ccccc2)C1=O. The number of carbonyl (C=O) groups excluding carboxylic acids is 4. The largest absolute Gasteiger partial charge is 0.445 e. The van der Waals surface area contributed by atoms with Crippen LogP contribution in [0.4, 0.5) is 9.18 Å². The highest BCUT2D eigenvalue weighted by atomic mass is 19.1. The molecule has 4 amide bonds. The Kier molecular flexibility index (Phi) is 11.9. The van der Waals surface area contributed by atoms with Crippen molar-refractivity contribution in [3.8, 4) is 0 Å². The number of hydrogen-bond donors (Lipinski definition) is 3. The Morgan fingerprint density at radius 3 is 2.31 bits per heavy atom. The lowest BCUT2D eigenvalue weighted by Crippen LogP contribution is -2.65. The van der Waals surface area contributed by atoms with Gasteiger partial charge in [0.2, 0.25) is 17.7 Å². The van der Waals surface area contributed by atoms with E-state index in [9.17, 15) is 23.6 Å². The summed E-state index contributed by atoms with van der Waals surface area (Å²) in [6, 6.07) is 26.3. The van der Waals surface area contributed by atoms with Gasteiger partial charge in [0.25, 0.3) is 0 Å². The maximum Gasteiger partial charge on any atom is 0.407 e. The number of nitrogens with one attached hydrogen (secondary N) is 2. The molecule has 11 heteroatoms. The summed E-state index contributed by atoms with van der Waals surface area (Å²) in [5.74, 6) is -1.48. The quantitative estimate of drug-likeness (QED) is 0.185. The highest BCUT2D eigenvalue weighted by Gasteiger charge is 2.42. The number of rotatable bonds is 13. The van der Waals surface area contributed by atoms with Gasteiger partial charge in [-0.05, 0) is 58.9 Å². The number of hydrogen-bond acceptors (Lipinski definition) is 6. The number of fused-ring (bicyclic) bond motifs is 1. The summed E-state index contributed by atoms with van der Waals surface area (Å²) in [7, 11) is 1.54. The Morgan fingerprint density at radius 2 is 1.57 bits per heavy atom. The molecule has 3 unspecified atom stereocenters. The van der Waals surface area contributed by atoms with Crippen LogP contribution in [0.5, 0.6) is 0 Å². The van der Waals surface area contributed by atoms with Gasteiger partial charge in [-0.2, -0.15) is 0 Å². The number of likely N-dealkylation sites (N-methyl/N-ethyl adjacent to an activating group) is 1. The third-order valence-electron chi connectivity index (χ3n) is 8.80. The fourth-order valence-electron chi connectivity index (χ4n) is 6.19. The van der Waals surface area contributed by atoms with E-state index in [0.717, 1.165) is 21.9 Å². The van der Waals surface area contributed by atoms with E-state index in [0.29, 0.717) is 12.0 Å². The first kappa shape index (κ1) is 35.0. The molecule has 4 aromatic carbocycles. The van der Waals surface area contributed by atoms with Gasteiger partial charge in [-0.25, -0.2) is 9.18 Å². The summed E-state index contributed by atoms with van der Waals surface area (Å²) in [5.41, 5.74) is 8.81. The molecule has 5 rings (SSSR count). The fourth-order valence-corrected chi connectivity index (χ4v) is 6.19. The molecule has 1 aliphatic heterocycles. The Bertz CT molecular complexity index is 1750. The number of benzene rings is 4. The molecule has 0 radical (unpaired) electrons. The van der Waals surface area contributed by atoms with Crippen molar-refractivity contribution in [3.05, 3.63) is 120 Å². The molecule has 3 atom stereocenters. The lowest BCUT2D eigenvalue weighted by Gasteiger charge is -2.44. The van der Waals surface area contributed by atoms with E-state index in [4.69, 9.17) is 10.5 Å². The number of piperazine rings is 1. The molecule has 1 heterocycles. The van der Waals surface area contributed by atoms with Gasteiger partial charge in [-0.15, -0.1) is 0 Å². The van der Waals surface area contributed by atoms with Gasteiger partial charge < -0.3 is 30.9 Å². The van der Waals surface area contributed by atoms with Gasteiger partial charge >= 0.3 is 6.09 Å². The van der Waals surface area contributed by atoms with Crippen LogP contribution in [0.15, 0.2) is 97.1 Å². The molecule has 0 aromatic heterocycles. The molecule has 0 aliphatic carbocycles. The van der Waals surface area contributed by atoms with Crippen molar-refractivity contribution in [2.75, 3.05) is 26.7 Å². The molecule has 49 heavy (non-hydrogen) atoms. The number of halogens is 1. The van der Waals surface area contributed by atoms with E-state index in [2.05, 4.69) is 10.6 Å². The molecule has 0 spiro atoms. The van der Waals surface area contributed by atoms with E-state index < -0.39 is 35.9 Å². The zero-order chi connectivity index (χ0) is 34.8. The number of nitrogens with two attached hydrogens (primary N) is 1. The van der Waals surface area contributed by atoms with Gasteiger partial charge in [0.05, 0.1) is 6.04 Å². The van der Waals surface area contributed by atoms with Crippen LogP contribution in [0, 0.1) is 5.82 Å². The predicted octanol–water partition coefficient (Wildman–Crippen LogP) is 3.95. The minimum Gasteiger partial charge on any atom is -0.445 e. The maximum absolute atomic E-state index is 14.3. The highest BCUT2D eigenvalue weighted by Crippen LogP contribution is 2.24. The van der Waals surface area contributed by atoms with Crippen molar-refractivity contribution < 1.29 is 28.3 Å². The van der Waals surface area contributed by atoms with Crippen molar-refractivity contribution >= 4 is 34.6 Å². The summed E-state index contributed by atoms with van der Waals surface area (Å²) in [4.78, 5) is 56.7. The van der Waals surface area contributed by atoms with Crippen LogP contribution in [0.1, 0.15) is 29.5 Å². The van der Waals surface area contributed by atoms with Crippen LogP contribution in [-0.2, 0) is 38.6 Å². The number of ether oxygens (including phenoxy) is 1. The zero-order valence-electron chi connectivity index (χ0n) is 27.5. The van der Waals surface area contributed by atoms with Crippen LogP contribution in [0.25, 0.3) is 10.8 Å². The van der Waals surface area contributed by atoms with Crippen LogP contribution in [0.3, 0.4) is 0 Å². The Morgan fingerprint density at radius 1 is 0.878 bits per heavy atom. The third kappa shape index (κ3) is 9.20. The number of nitrogens with zero attached hydrogens (tertiary/aromatic N) is 2. The molecule has 4 N–H and O–H groups in total. The Labute approximate surface area is 285 Å². The van der Waals surface area contributed by atoms with Gasteiger partial charge in [-0.1, -0.05) is 84.9 Å². The smallest absolute Gasteiger partial charge is 0.407 e. The van der Waals surface area contributed by atoms with Gasteiger partial charge in [-0.3, -0.25) is 14.4 Å². The number of amides is 4. The summed E-state index contributed by atoms with van der Waals surface area (Å²) in [6.07, 6.45) is 0.439. The molecule has 1 aliphatic rings. The lowest BCUT2D eigenvalue weighted by molar-refractivity contribution is -0.156. The molecular formula is C38H42FN5O5. The normalized spacial score (nSPS) is 15.8. The molecule has 256 valence electrons. The maximum atomic E-state index is 14.3. The molecule has 1 saturated heterocycles.